The average Bonchev–Trinajstić information content (AvgIpc) is 3.13. The van der Waals surface area contributed by atoms with Crippen LogP contribution < -0.4 is 4.74 Å². The van der Waals surface area contributed by atoms with Crippen LogP contribution in [0.5, 0.6) is 5.75 Å². The number of rotatable bonds is 5. The van der Waals surface area contributed by atoms with Crippen molar-refractivity contribution in [2.45, 2.75) is 40.2 Å². The van der Waals surface area contributed by atoms with Crippen molar-refractivity contribution in [3.8, 4) is 17.2 Å². The van der Waals surface area contributed by atoms with Crippen LogP contribution in [0.2, 0.25) is 0 Å². The Labute approximate surface area is 177 Å². The van der Waals surface area contributed by atoms with Crippen LogP contribution in [0.15, 0.2) is 52.9 Å². The maximum absolute atomic E-state index is 12.8. The highest BCUT2D eigenvalue weighted by molar-refractivity contribution is 5.94. The number of amides is 1. The van der Waals surface area contributed by atoms with E-state index in [-0.39, 0.29) is 5.91 Å². The number of ether oxygens (including phenoxy) is 1. The highest BCUT2D eigenvalue weighted by Crippen LogP contribution is 2.24. The number of aryl methyl sites for hydroxylation is 2. The van der Waals surface area contributed by atoms with Crippen LogP contribution in [0.25, 0.3) is 11.5 Å². The predicted molar refractivity (Wildman–Crippen MR) is 116 cm³/mol. The molecule has 0 bridgehead atoms. The number of piperidine rings is 1. The minimum Gasteiger partial charge on any atom is -0.487 e. The summed E-state index contributed by atoms with van der Waals surface area (Å²) in [5, 5.41) is 0. The zero-order chi connectivity index (χ0) is 21.1. The van der Waals surface area contributed by atoms with Crippen LogP contribution in [0, 0.1) is 19.8 Å². The Balaban J connectivity index is 1.43. The minimum atomic E-state index is 0.101. The Hall–Kier alpha value is -3.08. The number of benzene rings is 2. The van der Waals surface area contributed by atoms with Gasteiger partial charge in [0.15, 0.2) is 0 Å². The van der Waals surface area contributed by atoms with E-state index < -0.39 is 0 Å². The third kappa shape index (κ3) is 4.56. The number of carbonyl (C=O) groups is 1. The van der Waals surface area contributed by atoms with Crippen molar-refractivity contribution in [1.29, 1.82) is 0 Å². The van der Waals surface area contributed by atoms with Crippen LogP contribution in [0.4, 0.5) is 0 Å². The highest BCUT2D eigenvalue weighted by Gasteiger charge is 2.22. The fraction of sp³-hybridized carbons (Fsp3) is 0.360. The SMILES string of the molecule is Cc1ccc(OCc2nc(-c3ccc(C(=O)N4CCC[C@H](C)C4)cc3)oc2C)cc1. The molecule has 1 aliphatic rings. The molecule has 0 spiro atoms. The molecule has 0 radical (unpaired) electrons. The van der Waals surface area contributed by atoms with Crippen LogP contribution in [-0.4, -0.2) is 28.9 Å². The topological polar surface area (TPSA) is 55.6 Å². The zero-order valence-electron chi connectivity index (χ0n) is 17.9. The first-order valence-corrected chi connectivity index (χ1v) is 10.5. The molecule has 1 amide bonds. The summed E-state index contributed by atoms with van der Waals surface area (Å²) in [4.78, 5) is 19.3. The first-order valence-electron chi connectivity index (χ1n) is 10.5. The highest BCUT2D eigenvalue weighted by atomic mass is 16.5. The van der Waals surface area contributed by atoms with E-state index in [1.165, 1.54) is 12.0 Å². The molecule has 2 heterocycles. The van der Waals surface area contributed by atoms with Crippen molar-refractivity contribution in [2.24, 2.45) is 5.92 Å². The monoisotopic (exact) mass is 404 g/mol. The molecule has 0 saturated carbocycles. The number of oxazole rings is 1. The summed E-state index contributed by atoms with van der Waals surface area (Å²) in [7, 11) is 0. The molecule has 1 aromatic heterocycles. The van der Waals surface area contributed by atoms with E-state index in [2.05, 4.69) is 11.9 Å². The normalized spacial score (nSPS) is 16.5. The maximum Gasteiger partial charge on any atom is 0.253 e. The van der Waals surface area contributed by atoms with E-state index >= 15 is 0 Å². The fourth-order valence-electron chi connectivity index (χ4n) is 3.78. The Morgan fingerprint density at radius 1 is 1.13 bits per heavy atom. The van der Waals surface area contributed by atoms with Crippen molar-refractivity contribution in [3.63, 3.8) is 0 Å². The van der Waals surface area contributed by atoms with Gasteiger partial charge in [-0.15, -0.1) is 0 Å². The van der Waals surface area contributed by atoms with Crippen molar-refractivity contribution >= 4 is 5.91 Å². The van der Waals surface area contributed by atoms with E-state index in [1.807, 2.05) is 67.3 Å². The average molecular weight is 405 g/mol. The lowest BCUT2D eigenvalue weighted by molar-refractivity contribution is 0.0683. The molecule has 1 saturated heterocycles. The fourth-order valence-corrected chi connectivity index (χ4v) is 3.78. The number of carbonyl (C=O) groups excluding carboxylic acids is 1. The summed E-state index contributed by atoms with van der Waals surface area (Å²) >= 11 is 0. The van der Waals surface area contributed by atoms with Gasteiger partial charge in [0.2, 0.25) is 5.89 Å². The first-order chi connectivity index (χ1) is 14.5. The number of hydrogen-bond acceptors (Lipinski definition) is 4. The van der Waals surface area contributed by atoms with E-state index in [4.69, 9.17) is 9.15 Å². The molecule has 0 unspecified atom stereocenters. The summed E-state index contributed by atoms with van der Waals surface area (Å²) in [6.07, 6.45) is 2.27. The van der Waals surface area contributed by atoms with Crippen LogP contribution in [0.3, 0.4) is 0 Å². The number of hydrogen-bond donors (Lipinski definition) is 0. The molecule has 3 aromatic rings. The second kappa shape index (κ2) is 8.74. The lowest BCUT2D eigenvalue weighted by atomic mass is 9.99. The molecule has 1 aliphatic heterocycles. The van der Waals surface area contributed by atoms with Crippen LogP contribution in [0.1, 0.15) is 47.1 Å². The van der Waals surface area contributed by atoms with Crippen LogP contribution >= 0.6 is 0 Å². The van der Waals surface area contributed by atoms with Gasteiger partial charge in [0.25, 0.3) is 5.91 Å². The Morgan fingerprint density at radius 2 is 1.87 bits per heavy atom. The van der Waals surface area contributed by atoms with Gasteiger partial charge in [-0.1, -0.05) is 24.6 Å². The van der Waals surface area contributed by atoms with Gasteiger partial charge in [0, 0.05) is 24.2 Å². The number of aromatic nitrogens is 1. The molecule has 30 heavy (non-hydrogen) atoms. The predicted octanol–water partition coefficient (Wildman–Crippen LogP) is 5.41. The van der Waals surface area contributed by atoms with Gasteiger partial charge in [-0.3, -0.25) is 4.79 Å². The van der Waals surface area contributed by atoms with Crippen molar-refractivity contribution in [1.82, 2.24) is 9.88 Å². The quantitative estimate of drug-likeness (QED) is 0.571. The van der Waals surface area contributed by atoms with Gasteiger partial charge in [0.1, 0.15) is 23.8 Å². The van der Waals surface area contributed by atoms with Crippen molar-refractivity contribution in [2.75, 3.05) is 13.1 Å². The van der Waals surface area contributed by atoms with Gasteiger partial charge < -0.3 is 14.1 Å². The maximum atomic E-state index is 12.8. The van der Waals surface area contributed by atoms with E-state index in [0.29, 0.717) is 24.0 Å². The number of nitrogens with zero attached hydrogens (tertiary/aromatic N) is 2. The zero-order valence-corrected chi connectivity index (χ0v) is 17.9. The second-order valence-corrected chi connectivity index (χ2v) is 8.20. The summed E-state index contributed by atoms with van der Waals surface area (Å²) < 4.78 is 11.7. The molecule has 1 fully saturated rings. The first kappa shape index (κ1) is 20.2. The molecule has 5 nitrogen and oxygen atoms in total. The largest absolute Gasteiger partial charge is 0.487 e. The summed E-state index contributed by atoms with van der Waals surface area (Å²) in [5.74, 6) is 2.75. The molecule has 0 N–H and O–H groups in total. The summed E-state index contributed by atoms with van der Waals surface area (Å²) in [6, 6.07) is 15.5. The summed E-state index contributed by atoms with van der Waals surface area (Å²) in [5.41, 5.74) is 3.52. The lowest BCUT2D eigenvalue weighted by Gasteiger charge is -2.31. The molecular weight excluding hydrogens is 376 g/mol. The third-order valence-corrected chi connectivity index (χ3v) is 5.61. The Bertz CT molecular complexity index is 1010. The van der Waals surface area contributed by atoms with Gasteiger partial charge in [-0.05, 0) is 69.0 Å². The smallest absolute Gasteiger partial charge is 0.253 e. The van der Waals surface area contributed by atoms with Crippen molar-refractivity contribution < 1.29 is 13.9 Å². The number of likely N-dealkylation sites (tertiary alicyclic amines) is 1. The van der Waals surface area contributed by atoms with E-state index in [9.17, 15) is 4.79 Å². The van der Waals surface area contributed by atoms with Crippen LogP contribution in [-0.2, 0) is 6.61 Å². The molecular formula is C25H28N2O3. The van der Waals surface area contributed by atoms with E-state index in [0.717, 1.165) is 42.3 Å². The van der Waals surface area contributed by atoms with Gasteiger partial charge >= 0.3 is 0 Å². The minimum absolute atomic E-state index is 0.101. The molecule has 5 heteroatoms. The van der Waals surface area contributed by atoms with Gasteiger partial charge in [-0.2, -0.15) is 0 Å². The van der Waals surface area contributed by atoms with E-state index in [1.54, 1.807) is 0 Å². The second-order valence-electron chi connectivity index (χ2n) is 8.20. The van der Waals surface area contributed by atoms with Gasteiger partial charge in [0.05, 0.1) is 0 Å². The molecule has 1 atom stereocenters. The standard InChI is InChI=1S/C25H28N2O3/c1-17-6-12-22(13-7-17)29-16-23-19(3)30-24(26-23)20-8-10-21(11-9-20)25(28)27-14-4-5-18(2)15-27/h6-13,18H,4-5,14-16H2,1-3H3/t18-/m0/s1. The summed E-state index contributed by atoms with van der Waals surface area (Å²) in [6.45, 7) is 8.16. The molecule has 156 valence electrons. The Morgan fingerprint density at radius 3 is 2.57 bits per heavy atom. The third-order valence-electron chi connectivity index (χ3n) is 5.61. The molecule has 2 aromatic carbocycles. The lowest BCUT2D eigenvalue weighted by Crippen LogP contribution is -2.39. The van der Waals surface area contributed by atoms with Crippen molar-refractivity contribution in [3.05, 3.63) is 71.1 Å². The molecule has 0 aliphatic carbocycles. The van der Waals surface area contributed by atoms with Gasteiger partial charge in [-0.25, -0.2) is 4.98 Å². The molecule has 4 rings (SSSR count). The Kier molecular flexibility index (Phi) is 5.88.